The molecule has 1 aliphatic heterocycles. The fourth-order valence-electron chi connectivity index (χ4n) is 1.67. The summed E-state index contributed by atoms with van der Waals surface area (Å²) < 4.78 is 0.955. The van der Waals surface area contributed by atoms with Crippen LogP contribution in [-0.4, -0.2) is 23.9 Å². The molecule has 0 aromatic heterocycles. The van der Waals surface area contributed by atoms with E-state index in [2.05, 4.69) is 22.9 Å². The molecule has 2 nitrogen and oxygen atoms in total. The zero-order chi connectivity index (χ0) is 10.1. The molecule has 3 heteroatoms. The lowest BCUT2D eigenvalue weighted by Gasteiger charge is -2.37. The van der Waals surface area contributed by atoms with E-state index in [9.17, 15) is 4.79 Å². The van der Waals surface area contributed by atoms with Crippen molar-refractivity contribution in [2.75, 3.05) is 13.1 Å². The number of carbonyl (C=O) groups excluding carboxylic acids is 1. The van der Waals surface area contributed by atoms with Gasteiger partial charge in [-0.1, -0.05) is 28.9 Å². The van der Waals surface area contributed by atoms with E-state index < -0.39 is 0 Å². The van der Waals surface area contributed by atoms with Gasteiger partial charge >= 0.3 is 0 Å². The summed E-state index contributed by atoms with van der Waals surface area (Å²) in [6.45, 7) is 3.95. The molecule has 1 amide bonds. The van der Waals surface area contributed by atoms with Gasteiger partial charge in [-0.25, -0.2) is 0 Å². The zero-order valence-corrected chi connectivity index (χ0v) is 9.62. The van der Waals surface area contributed by atoms with Crippen LogP contribution in [0.2, 0.25) is 0 Å². The molecule has 0 spiro atoms. The van der Waals surface area contributed by atoms with E-state index in [0.717, 1.165) is 23.1 Å². The minimum Gasteiger partial charge on any atom is -0.338 e. The maximum atomic E-state index is 11.8. The van der Waals surface area contributed by atoms with Gasteiger partial charge in [0.15, 0.2) is 0 Å². The summed E-state index contributed by atoms with van der Waals surface area (Å²) in [5.41, 5.74) is 0.770. The highest BCUT2D eigenvalue weighted by Gasteiger charge is 2.27. The SMILES string of the molecule is CC1CN(C(=O)c2cccc(Br)c2)C1. The van der Waals surface area contributed by atoms with Crippen molar-refractivity contribution < 1.29 is 4.79 Å². The number of rotatable bonds is 1. The first-order chi connectivity index (χ1) is 6.66. The van der Waals surface area contributed by atoms with Gasteiger partial charge in [-0.15, -0.1) is 0 Å². The van der Waals surface area contributed by atoms with Crippen LogP contribution < -0.4 is 0 Å². The predicted octanol–water partition coefficient (Wildman–Crippen LogP) is 2.54. The minimum atomic E-state index is 0.143. The summed E-state index contributed by atoms with van der Waals surface area (Å²) in [6, 6.07) is 7.54. The van der Waals surface area contributed by atoms with Crippen molar-refractivity contribution in [3.8, 4) is 0 Å². The van der Waals surface area contributed by atoms with Gasteiger partial charge < -0.3 is 4.90 Å². The molecular weight excluding hydrogens is 242 g/mol. The second-order valence-corrected chi connectivity index (χ2v) is 4.74. The van der Waals surface area contributed by atoms with Crippen LogP contribution >= 0.6 is 15.9 Å². The molecule has 1 aromatic rings. The molecule has 0 bridgehead atoms. The fraction of sp³-hybridized carbons (Fsp3) is 0.364. The van der Waals surface area contributed by atoms with Crippen LogP contribution in [0.4, 0.5) is 0 Å². The van der Waals surface area contributed by atoms with Crippen LogP contribution in [0.1, 0.15) is 17.3 Å². The maximum absolute atomic E-state index is 11.8. The fourth-order valence-corrected chi connectivity index (χ4v) is 2.07. The van der Waals surface area contributed by atoms with Gasteiger partial charge in [-0.3, -0.25) is 4.79 Å². The topological polar surface area (TPSA) is 20.3 Å². The van der Waals surface area contributed by atoms with Gasteiger partial charge in [-0.2, -0.15) is 0 Å². The first-order valence-corrected chi connectivity index (χ1v) is 5.51. The average Bonchev–Trinajstić information content (AvgIpc) is 2.12. The number of carbonyl (C=O) groups is 1. The Labute approximate surface area is 92.0 Å². The third kappa shape index (κ3) is 1.82. The number of hydrogen-bond acceptors (Lipinski definition) is 1. The Bertz CT molecular complexity index is 358. The lowest BCUT2D eigenvalue weighted by atomic mass is 10.0. The number of halogens is 1. The minimum absolute atomic E-state index is 0.143. The first kappa shape index (κ1) is 9.71. The standard InChI is InChI=1S/C11H12BrNO/c1-8-6-13(7-8)11(14)9-3-2-4-10(12)5-9/h2-5,8H,6-7H2,1H3. The summed E-state index contributed by atoms with van der Waals surface area (Å²) in [5.74, 6) is 0.801. The largest absolute Gasteiger partial charge is 0.338 e. The van der Waals surface area contributed by atoms with E-state index >= 15 is 0 Å². The van der Waals surface area contributed by atoms with Crippen molar-refractivity contribution >= 4 is 21.8 Å². The van der Waals surface area contributed by atoms with Crippen molar-refractivity contribution in [2.24, 2.45) is 5.92 Å². The van der Waals surface area contributed by atoms with Crippen molar-refractivity contribution in [2.45, 2.75) is 6.92 Å². The molecule has 1 heterocycles. The van der Waals surface area contributed by atoms with Crippen molar-refractivity contribution in [1.82, 2.24) is 4.90 Å². The second-order valence-electron chi connectivity index (χ2n) is 3.83. The molecule has 1 aliphatic rings. The maximum Gasteiger partial charge on any atom is 0.253 e. The summed E-state index contributed by atoms with van der Waals surface area (Å²) >= 11 is 3.36. The Kier molecular flexibility index (Phi) is 2.59. The van der Waals surface area contributed by atoms with E-state index in [1.807, 2.05) is 29.2 Å². The van der Waals surface area contributed by atoms with Crippen LogP contribution in [0, 0.1) is 5.92 Å². The summed E-state index contributed by atoms with van der Waals surface area (Å²) in [4.78, 5) is 13.7. The average molecular weight is 254 g/mol. The molecule has 0 atom stereocenters. The molecule has 0 radical (unpaired) electrons. The van der Waals surface area contributed by atoms with Gasteiger partial charge in [0.2, 0.25) is 0 Å². The molecule has 1 aromatic carbocycles. The lowest BCUT2D eigenvalue weighted by Crippen LogP contribution is -2.48. The molecular formula is C11H12BrNO. The summed E-state index contributed by atoms with van der Waals surface area (Å²) in [6.07, 6.45) is 0. The Morgan fingerprint density at radius 2 is 2.21 bits per heavy atom. The third-order valence-electron chi connectivity index (χ3n) is 2.42. The first-order valence-electron chi connectivity index (χ1n) is 4.71. The van der Waals surface area contributed by atoms with Crippen LogP contribution in [0.25, 0.3) is 0 Å². The number of nitrogens with zero attached hydrogens (tertiary/aromatic N) is 1. The van der Waals surface area contributed by atoms with Crippen LogP contribution in [0.15, 0.2) is 28.7 Å². The highest BCUT2D eigenvalue weighted by molar-refractivity contribution is 9.10. The van der Waals surface area contributed by atoms with Gasteiger partial charge in [0.1, 0.15) is 0 Å². The normalized spacial score (nSPS) is 16.6. The zero-order valence-electron chi connectivity index (χ0n) is 8.03. The lowest BCUT2D eigenvalue weighted by molar-refractivity contribution is 0.0530. The van der Waals surface area contributed by atoms with E-state index in [0.29, 0.717) is 5.92 Å². The highest BCUT2D eigenvalue weighted by Crippen LogP contribution is 2.19. The third-order valence-corrected chi connectivity index (χ3v) is 2.92. The van der Waals surface area contributed by atoms with E-state index in [1.54, 1.807) is 0 Å². The van der Waals surface area contributed by atoms with Crippen molar-refractivity contribution in [3.05, 3.63) is 34.3 Å². The molecule has 14 heavy (non-hydrogen) atoms. The molecule has 74 valence electrons. The van der Waals surface area contributed by atoms with Crippen LogP contribution in [0.3, 0.4) is 0 Å². The van der Waals surface area contributed by atoms with E-state index in [-0.39, 0.29) is 5.91 Å². The number of likely N-dealkylation sites (tertiary alicyclic amines) is 1. The summed E-state index contributed by atoms with van der Waals surface area (Å²) in [7, 11) is 0. The Balaban J connectivity index is 2.12. The summed E-state index contributed by atoms with van der Waals surface area (Å²) in [5, 5.41) is 0. The highest BCUT2D eigenvalue weighted by atomic mass is 79.9. The molecule has 2 rings (SSSR count). The Morgan fingerprint density at radius 1 is 1.50 bits per heavy atom. The van der Waals surface area contributed by atoms with Gasteiger partial charge in [0.05, 0.1) is 0 Å². The molecule has 0 saturated carbocycles. The molecule has 0 aliphatic carbocycles. The Morgan fingerprint density at radius 3 is 2.79 bits per heavy atom. The van der Waals surface area contributed by atoms with Crippen molar-refractivity contribution in [1.29, 1.82) is 0 Å². The molecule has 1 fully saturated rings. The number of hydrogen-bond donors (Lipinski definition) is 0. The predicted molar refractivity (Wildman–Crippen MR) is 59.2 cm³/mol. The molecule has 0 unspecified atom stereocenters. The number of benzene rings is 1. The van der Waals surface area contributed by atoms with E-state index in [1.165, 1.54) is 0 Å². The van der Waals surface area contributed by atoms with E-state index in [4.69, 9.17) is 0 Å². The van der Waals surface area contributed by atoms with Gasteiger partial charge in [-0.05, 0) is 24.1 Å². The van der Waals surface area contributed by atoms with Gasteiger partial charge in [0.25, 0.3) is 5.91 Å². The molecule has 1 saturated heterocycles. The second kappa shape index (κ2) is 3.73. The Hall–Kier alpha value is -0.830. The van der Waals surface area contributed by atoms with Crippen molar-refractivity contribution in [3.63, 3.8) is 0 Å². The van der Waals surface area contributed by atoms with Crippen LogP contribution in [-0.2, 0) is 0 Å². The molecule has 0 N–H and O–H groups in total. The van der Waals surface area contributed by atoms with Crippen LogP contribution in [0.5, 0.6) is 0 Å². The number of amides is 1. The smallest absolute Gasteiger partial charge is 0.253 e. The quantitative estimate of drug-likeness (QED) is 0.754. The van der Waals surface area contributed by atoms with Gasteiger partial charge in [0, 0.05) is 23.1 Å². The monoisotopic (exact) mass is 253 g/mol.